The number of alkyl halides is 1. The minimum Gasteiger partial charge on any atom is -0.334 e. The van der Waals surface area contributed by atoms with E-state index in [0.717, 1.165) is 19.0 Å². The Kier molecular flexibility index (Phi) is 3.39. The summed E-state index contributed by atoms with van der Waals surface area (Å²) < 4.78 is 12.9. The van der Waals surface area contributed by atoms with Crippen molar-refractivity contribution in [3.63, 3.8) is 0 Å². The molecule has 0 aromatic carbocycles. The SMILES string of the molecule is O=C(c1cncc(F)c1)N1CCCC1CCl. The lowest BCUT2D eigenvalue weighted by Crippen LogP contribution is -2.36. The van der Waals surface area contributed by atoms with Gasteiger partial charge in [0.25, 0.3) is 5.91 Å². The van der Waals surface area contributed by atoms with Crippen molar-refractivity contribution >= 4 is 17.5 Å². The predicted molar refractivity (Wildman–Crippen MR) is 59.0 cm³/mol. The molecule has 1 unspecified atom stereocenters. The normalized spacial score (nSPS) is 20.1. The van der Waals surface area contributed by atoms with E-state index in [1.807, 2.05) is 0 Å². The van der Waals surface area contributed by atoms with Crippen LogP contribution in [0.1, 0.15) is 23.2 Å². The molecule has 0 saturated carbocycles. The molecule has 0 N–H and O–H groups in total. The highest BCUT2D eigenvalue weighted by Crippen LogP contribution is 2.20. The number of likely N-dealkylation sites (tertiary alicyclic amines) is 1. The molecule has 1 atom stereocenters. The summed E-state index contributed by atoms with van der Waals surface area (Å²) in [5.41, 5.74) is 0.289. The molecule has 5 heteroatoms. The fourth-order valence-electron chi connectivity index (χ4n) is 1.96. The van der Waals surface area contributed by atoms with E-state index in [1.54, 1.807) is 4.90 Å². The first-order valence-electron chi connectivity index (χ1n) is 5.20. The third-order valence-corrected chi connectivity index (χ3v) is 3.12. The number of hydrogen-bond acceptors (Lipinski definition) is 2. The van der Waals surface area contributed by atoms with Crippen LogP contribution in [0.4, 0.5) is 4.39 Å². The number of pyridine rings is 1. The molecule has 0 spiro atoms. The Morgan fingerprint density at radius 3 is 3.12 bits per heavy atom. The third kappa shape index (κ3) is 2.16. The summed E-state index contributed by atoms with van der Waals surface area (Å²) in [6, 6.07) is 1.27. The molecule has 0 radical (unpaired) electrons. The van der Waals surface area contributed by atoms with Crippen molar-refractivity contribution in [2.75, 3.05) is 12.4 Å². The van der Waals surface area contributed by atoms with Crippen molar-refractivity contribution in [1.82, 2.24) is 9.88 Å². The van der Waals surface area contributed by atoms with Crippen LogP contribution in [0.3, 0.4) is 0 Å². The molecule has 16 heavy (non-hydrogen) atoms. The van der Waals surface area contributed by atoms with Gasteiger partial charge in [-0.25, -0.2) is 4.39 Å². The summed E-state index contributed by atoms with van der Waals surface area (Å²) in [7, 11) is 0. The van der Waals surface area contributed by atoms with Gasteiger partial charge in [0.15, 0.2) is 0 Å². The van der Waals surface area contributed by atoms with Crippen LogP contribution in [0, 0.1) is 5.82 Å². The molecule has 0 bridgehead atoms. The zero-order valence-electron chi connectivity index (χ0n) is 8.70. The Balaban J connectivity index is 2.18. The van der Waals surface area contributed by atoms with E-state index in [-0.39, 0.29) is 17.5 Å². The standard InChI is InChI=1S/C11H12ClFN2O/c12-5-10-2-1-3-15(10)11(16)8-4-9(13)7-14-6-8/h4,6-7,10H,1-3,5H2. The lowest BCUT2D eigenvalue weighted by Gasteiger charge is -2.22. The van der Waals surface area contributed by atoms with Crippen LogP contribution in [0.15, 0.2) is 18.5 Å². The van der Waals surface area contributed by atoms with E-state index < -0.39 is 5.82 Å². The third-order valence-electron chi connectivity index (χ3n) is 2.77. The molecular weight excluding hydrogens is 231 g/mol. The van der Waals surface area contributed by atoms with E-state index in [0.29, 0.717) is 12.4 Å². The van der Waals surface area contributed by atoms with Crippen LogP contribution >= 0.6 is 11.6 Å². The average molecular weight is 243 g/mol. The Labute approximate surface area is 98.2 Å². The van der Waals surface area contributed by atoms with E-state index >= 15 is 0 Å². The summed E-state index contributed by atoms with van der Waals surface area (Å²) in [5.74, 6) is -0.253. The van der Waals surface area contributed by atoms with Gasteiger partial charge in [0.1, 0.15) is 5.82 Å². The van der Waals surface area contributed by atoms with Crippen LogP contribution in [0.25, 0.3) is 0 Å². The smallest absolute Gasteiger partial charge is 0.255 e. The number of aromatic nitrogens is 1. The molecule has 1 fully saturated rings. The highest BCUT2D eigenvalue weighted by Gasteiger charge is 2.28. The Hall–Kier alpha value is -1.16. The van der Waals surface area contributed by atoms with Gasteiger partial charge in [0.2, 0.25) is 0 Å². The topological polar surface area (TPSA) is 33.2 Å². The summed E-state index contributed by atoms with van der Waals surface area (Å²) in [4.78, 5) is 17.4. The maximum atomic E-state index is 12.9. The van der Waals surface area contributed by atoms with Crippen LogP contribution in [0.2, 0.25) is 0 Å². The molecule has 86 valence electrons. The van der Waals surface area contributed by atoms with E-state index in [4.69, 9.17) is 11.6 Å². The second-order valence-corrected chi connectivity index (χ2v) is 4.15. The maximum absolute atomic E-state index is 12.9. The molecule has 1 aromatic heterocycles. The molecule has 1 aromatic rings. The molecular formula is C11H12ClFN2O. The molecule has 1 aliphatic rings. The maximum Gasteiger partial charge on any atom is 0.255 e. The van der Waals surface area contributed by atoms with E-state index in [9.17, 15) is 9.18 Å². The number of carbonyl (C=O) groups excluding carboxylic acids is 1. The van der Waals surface area contributed by atoms with Crippen molar-refractivity contribution < 1.29 is 9.18 Å². The van der Waals surface area contributed by atoms with Gasteiger partial charge >= 0.3 is 0 Å². The van der Waals surface area contributed by atoms with Gasteiger partial charge in [-0.3, -0.25) is 9.78 Å². The fraction of sp³-hybridized carbons (Fsp3) is 0.455. The van der Waals surface area contributed by atoms with Crippen LogP contribution in [-0.2, 0) is 0 Å². The summed E-state index contributed by atoms with van der Waals surface area (Å²) >= 11 is 5.78. The number of hydrogen-bond donors (Lipinski definition) is 0. The number of carbonyl (C=O) groups is 1. The van der Waals surface area contributed by atoms with Crippen molar-refractivity contribution in [2.45, 2.75) is 18.9 Å². The number of rotatable bonds is 2. The lowest BCUT2D eigenvalue weighted by atomic mass is 10.2. The molecule has 2 rings (SSSR count). The van der Waals surface area contributed by atoms with Gasteiger partial charge in [-0.1, -0.05) is 0 Å². The molecule has 2 heterocycles. The molecule has 1 saturated heterocycles. The van der Waals surface area contributed by atoms with Gasteiger partial charge in [-0.15, -0.1) is 11.6 Å². The highest BCUT2D eigenvalue weighted by atomic mass is 35.5. The van der Waals surface area contributed by atoms with Gasteiger partial charge in [0.05, 0.1) is 11.8 Å². The number of nitrogens with zero attached hydrogens (tertiary/aromatic N) is 2. The number of amides is 1. The summed E-state index contributed by atoms with van der Waals surface area (Å²) in [6.07, 6.45) is 4.33. The predicted octanol–water partition coefficient (Wildman–Crippen LogP) is 2.06. The monoisotopic (exact) mass is 242 g/mol. The van der Waals surface area contributed by atoms with Crippen molar-refractivity contribution in [3.8, 4) is 0 Å². The van der Waals surface area contributed by atoms with Crippen LogP contribution < -0.4 is 0 Å². The Bertz CT molecular complexity index is 399. The minimum atomic E-state index is -0.493. The second kappa shape index (κ2) is 4.78. The zero-order chi connectivity index (χ0) is 11.5. The quantitative estimate of drug-likeness (QED) is 0.744. The lowest BCUT2D eigenvalue weighted by molar-refractivity contribution is 0.0748. The van der Waals surface area contributed by atoms with Crippen molar-refractivity contribution in [3.05, 3.63) is 29.8 Å². The second-order valence-electron chi connectivity index (χ2n) is 3.84. The molecule has 0 aliphatic carbocycles. The van der Waals surface area contributed by atoms with Gasteiger partial charge in [-0.05, 0) is 18.9 Å². The van der Waals surface area contributed by atoms with Gasteiger partial charge in [0, 0.05) is 24.7 Å². The molecule has 3 nitrogen and oxygen atoms in total. The Morgan fingerprint density at radius 1 is 1.62 bits per heavy atom. The number of halogens is 2. The summed E-state index contributed by atoms with van der Waals surface area (Å²) in [5, 5.41) is 0. The Morgan fingerprint density at radius 2 is 2.44 bits per heavy atom. The van der Waals surface area contributed by atoms with E-state index in [2.05, 4.69) is 4.98 Å². The first-order chi connectivity index (χ1) is 7.72. The first-order valence-corrected chi connectivity index (χ1v) is 5.73. The van der Waals surface area contributed by atoms with Crippen molar-refractivity contribution in [1.29, 1.82) is 0 Å². The van der Waals surface area contributed by atoms with Crippen LogP contribution in [-0.4, -0.2) is 34.3 Å². The largest absolute Gasteiger partial charge is 0.334 e. The van der Waals surface area contributed by atoms with Crippen LogP contribution in [0.5, 0.6) is 0 Å². The van der Waals surface area contributed by atoms with Crippen molar-refractivity contribution in [2.24, 2.45) is 0 Å². The van der Waals surface area contributed by atoms with Gasteiger partial charge in [-0.2, -0.15) is 0 Å². The minimum absolute atomic E-state index is 0.0671. The molecule has 1 amide bonds. The molecule has 1 aliphatic heterocycles. The van der Waals surface area contributed by atoms with E-state index in [1.165, 1.54) is 12.3 Å². The first kappa shape index (κ1) is 11.3. The highest BCUT2D eigenvalue weighted by molar-refractivity contribution is 6.18. The summed E-state index contributed by atoms with van der Waals surface area (Å²) in [6.45, 7) is 0.687. The average Bonchev–Trinajstić information content (AvgIpc) is 2.76. The zero-order valence-corrected chi connectivity index (χ0v) is 9.45. The van der Waals surface area contributed by atoms with Gasteiger partial charge < -0.3 is 4.90 Å². The fourth-order valence-corrected chi connectivity index (χ4v) is 2.28.